The average Bonchev–Trinajstić information content (AvgIpc) is 3.44. The highest BCUT2D eigenvalue weighted by Crippen LogP contribution is 2.77. The van der Waals surface area contributed by atoms with Gasteiger partial charge in [0.05, 0.1) is 17.1 Å². The molecule has 57 heavy (non-hydrogen) atoms. The molecule has 1 N–H and O–H groups in total. The van der Waals surface area contributed by atoms with Gasteiger partial charge in [-0.3, -0.25) is 24.0 Å². The van der Waals surface area contributed by atoms with Gasteiger partial charge >= 0.3 is 29.8 Å². The Bertz CT molecular complexity index is 1820. The number of cyclic esters (lactones) is 1. The number of ketones is 1. The minimum atomic E-state index is -1.41. The Morgan fingerprint density at radius 2 is 1.47 bits per heavy atom. The Balaban J connectivity index is 1.17. The smallest absolute Gasteiger partial charge is 0.334 e. The van der Waals surface area contributed by atoms with E-state index in [0.29, 0.717) is 50.5 Å². The summed E-state index contributed by atoms with van der Waals surface area (Å²) in [5.74, 6) is -3.53. The Labute approximate surface area is 332 Å². The quantitative estimate of drug-likeness (QED) is 0.211. The molecule has 2 saturated heterocycles. The summed E-state index contributed by atoms with van der Waals surface area (Å²) in [6.07, 6.45) is -2.22. The lowest BCUT2D eigenvalue weighted by molar-refractivity contribution is -0.317. The van der Waals surface area contributed by atoms with Crippen molar-refractivity contribution in [3.05, 3.63) is 22.8 Å². The van der Waals surface area contributed by atoms with Crippen molar-refractivity contribution in [3.63, 3.8) is 0 Å². The number of hydrogen-bond acceptors (Lipinski definition) is 15. The van der Waals surface area contributed by atoms with Gasteiger partial charge < -0.3 is 43.0 Å². The van der Waals surface area contributed by atoms with Gasteiger partial charge in [-0.1, -0.05) is 24.1 Å². The Morgan fingerprint density at radius 3 is 2.11 bits per heavy atom. The summed E-state index contributed by atoms with van der Waals surface area (Å²) in [4.78, 5) is 76.3. The third-order valence-electron chi connectivity index (χ3n) is 15.0. The fourth-order valence-corrected chi connectivity index (χ4v) is 12.0. The maximum Gasteiger partial charge on any atom is 0.334 e. The molecular formula is C42H56O15. The van der Waals surface area contributed by atoms with Gasteiger partial charge in [-0.2, -0.15) is 0 Å². The van der Waals surface area contributed by atoms with Crippen LogP contribution < -0.4 is 0 Å². The average molecular weight is 801 g/mol. The van der Waals surface area contributed by atoms with E-state index in [0.717, 1.165) is 31.9 Å². The van der Waals surface area contributed by atoms with Gasteiger partial charge in [0.1, 0.15) is 35.8 Å². The maximum atomic E-state index is 14.7. The number of carbonyl (C=O) groups is 6. The third-order valence-corrected chi connectivity index (χ3v) is 15.0. The molecule has 3 saturated carbocycles. The van der Waals surface area contributed by atoms with Gasteiger partial charge in [0, 0.05) is 51.5 Å². The summed E-state index contributed by atoms with van der Waals surface area (Å²) in [6, 6.07) is 0. The summed E-state index contributed by atoms with van der Waals surface area (Å²) in [7, 11) is 0. The molecule has 0 aromatic heterocycles. The zero-order valence-electron chi connectivity index (χ0n) is 34.3. The van der Waals surface area contributed by atoms with Crippen molar-refractivity contribution in [2.45, 2.75) is 173 Å². The van der Waals surface area contributed by atoms with Crippen LogP contribution in [0, 0.1) is 22.7 Å². The zero-order chi connectivity index (χ0) is 41.6. The highest BCUT2D eigenvalue weighted by Gasteiger charge is 2.84. The van der Waals surface area contributed by atoms with E-state index in [-0.39, 0.29) is 24.0 Å². The molecule has 3 aliphatic heterocycles. The summed E-state index contributed by atoms with van der Waals surface area (Å²) < 4.78 is 47.8. The highest BCUT2D eigenvalue weighted by molar-refractivity contribution is 5.90. The first-order valence-electron chi connectivity index (χ1n) is 20.1. The normalized spacial score (nSPS) is 44.8. The van der Waals surface area contributed by atoms with Crippen LogP contribution in [0.25, 0.3) is 0 Å². The predicted octanol–water partition coefficient (Wildman–Crippen LogP) is 3.89. The summed E-state index contributed by atoms with van der Waals surface area (Å²) >= 11 is 0. The number of rotatable bonds is 8. The van der Waals surface area contributed by atoms with Gasteiger partial charge in [-0.15, -0.1) is 0 Å². The van der Waals surface area contributed by atoms with Crippen LogP contribution in [-0.2, 0) is 66.7 Å². The standard InChI is InChI=1S/C42H56O15/c1-20-16-32(56-36(48)21(20)2)40(9)42(49)15-14-41(57-40)29-11-10-26-17-27(18-31(47)39(26,8)28(29)12-13-38(41,42)7)54-37-35(53-25(6)46)34(52-24(5)45)33(51-23(4)44)30(55-37)19-50-22(3)43/h10,27-30,32-35,37,49H,11-19H2,1-9H3/t27-,28+,29-,30-,32-,33-,34+,35-,37-,38+,39+,40+,41-,42+/m1/s1. The monoisotopic (exact) mass is 800 g/mol. The van der Waals surface area contributed by atoms with E-state index >= 15 is 0 Å². The number of carbonyl (C=O) groups excluding carboxylic acids is 6. The molecule has 5 fully saturated rings. The topological polar surface area (TPSA) is 196 Å². The van der Waals surface area contributed by atoms with Gasteiger partial charge in [0.2, 0.25) is 0 Å². The predicted molar refractivity (Wildman–Crippen MR) is 195 cm³/mol. The number of allylic oxidation sites excluding steroid dienone is 1. The second-order valence-electron chi connectivity index (χ2n) is 17.9. The van der Waals surface area contributed by atoms with Crippen LogP contribution in [0.1, 0.15) is 114 Å². The lowest BCUT2D eigenvalue weighted by Crippen LogP contribution is -2.64. The Morgan fingerprint density at radius 1 is 0.825 bits per heavy atom. The van der Waals surface area contributed by atoms with Crippen LogP contribution in [0.3, 0.4) is 0 Å². The van der Waals surface area contributed by atoms with Crippen LogP contribution in [-0.4, -0.2) is 107 Å². The van der Waals surface area contributed by atoms with Crippen molar-refractivity contribution >= 4 is 35.6 Å². The van der Waals surface area contributed by atoms with E-state index in [1.807, 2.05) is 20.8 Å². The first kappa shape index (κ1) is 41.5. The van der Waals surface area contributed by atoms with Crippen molar-refractivity contribution in [1.82, 2.24) is 0 Å². The van der Waals surface area contributed by atoms with E-state index in [1.54, 1.807) is 6.92 Å². The van der Waals surface area contributed by atoms with E-state index < -0.39 is 107 Å². The summed E-state index contributed by atoms with van der Waals surface area (Å²) in [5.41, 5.74) is -2.28. The molecule has 14 atom stereocenters. The van der Waals surface area contributed by atoms with Crippen molar-refractivity contribution in [3.8, 4) is 0 Å². The summed E-state index contributed by atoms with van der Waals surface area (Å²) in [6.45, 7) is 13.9. The Kier molecular flexibility index (Phi) is 10.4. The lowest BCUT2D eigenvalue weighted by Gasteiger charge is -2.60. The van der Waals surface area contributed by atoms with Crippen LogP contribution in [0.15, 0.2) is 22.8 Å². The largest absolute Gasteiger partial charge is 0.463 e. The van der Waals surface area contributed by atoms with Crippen molar-refractivity contribution in [2.75, 3.05) is 6.61 Å². The second kappa shape index (κ2) is 14.3. The fraction of sp³-hybridized carbons (Fsp3) is 0.762. The van der Waals surface area contributed by atoms with Crippen molar-refractivity contribution < 1.29 is 71.8 Å². The molecule has 314 valence electrons. The van der Waals surface area contributed by atoms with Crippen LogP contribution in [0.2, 0.25) is 0 Å². The molecule has 7 rings (SSSR count). The first-order valence-corrected chi connectivity index (χ1v) is 20.1. The molecule has 15 heteroatoms. The van der Waals surface area contributed by atoms with Gasteiger partial charge in [0.15, 0.2) is 24.6 Å². The van der Waals surface area contributed by atoms with Crippen LogP contribution in [0.5, 0.6) is 0 Å². The maximum absolute atomic E-state index is 14.7. The summed E-state index contributed by atoms with van der Waals surface area (Å²) in [5, 5.41) is 12.8. The number of ether oxygens (including phenoxy) is 8. The van der Waals surface area contributed by atoms with Crippen LogP contribution in [0.4, 0.5) is 0 Å². The Hall–Kier alpha value is -3.66. The van der Waals surface area contributed by atoms with E-state index in [2.05, 4.69) is 13.0 Å². The van der Waals surface area contributed by atoms with E-state index in [4.69, 9.17) is 37.9 Å². The molecule has 0 unspecified atom stereocenters. The molecule has 0 amide bonds. The second-order valence-corrected chi connectivity index (χ2v) is 17.9. The molecule has 0 aromatic rings. The number of fused-ring (bicyclic) bond motifs is 3. The molecule has 3 heterocycles. The van der Waals surface area contributed by atoms with Crippen molar-refractivity contribution in [1.29, 1.82) is 0 Å². The molecule has 0 spiro atoms. The number of aliphatic hydroxyl groups is 1. The molecule has 4 aliphatic carbocycles. The molecule has 15 nitrogen and oxygen atoms in total. The van der Waals surface area contributed by atoms with Crippen molar-refractivity contribution in [2.24, 2.45) is 22.7 Å². The SMILES string of the molecule is CC(=O)OC[C@H]1O[C@@H](O[C@H]2CC(=O)[C@@]3(C)C(=CC[C@@H]4[C@@H]3CC[C@]3(C)[C@@]5(O)CC[C@@]43O[C@@]5(C)[C@H]3CC(C)=C(C)C(=O)O3)C2)[C@H](OC(C)=O)[C@@H](OC(C)=O)[C@@H]1OC(C)=O. The fourth-order valence-electron chi connectivity index (χ4n) is 12.0. The molecule has 0 aromatic carbocycles. The molecule has 2 bridgehead atoms. The molecular weight excluding hydrogens is 744 g/mol. The lowest BCUT2D eigenvalue weighted by atomic mass is 9.45. The third kappa shape index (κ3) is 6.19. The van der Waals surface area contributed by atoms with Gasteiger partial charge in [-0.05, 0) is 78.1 Å². The van der Waals surface area contributed by atoms with E-state index in [1.165, 1.54) is 6.92 Å². The number of hydrogen-bond donors (Lipinski definition) is 1. The first-order chi connectivity index (χ1) is 26.6. The van der Waals surface area contributed by atoms with Gasteiger partial charge in [-0.25, -0.2) is 4.79 Å². The number of Topliss-reactive ketones (excluding diaryl/α,β-unsaturated/α-hetero) is 1. The molecule has 0 radical (unpaired) electrons. The minimum absolute atomic E-state index is 0.0142. The highest BCUT2D eigenvalue weighted by atomic mass is 16.7. The van der Waals surface area contributed by atoms with Gasteiger partial charge in [0.25, 0.3) is 0 Å². The van der Waals surface area contributed by atoms with E-state index in [9.17, 15) is 33.9 Å². The molecule has 7 aliphatic rings. The zero-order valence-corrected chi connectivity index (χ0v) is 34.3. The minimum Gasteiger partial charge on any atom is -0.463 e. The van der Waals surface area contributed by atoms with Crippen LogP contribution >= 0.6 is 0 Å². The number of esters is 5.